The fraction of sp³-hybridized carbons (Fsp3) is 0. The Morgan fingerprint density at radius 1 is 1.04 bits per heavy atom. The number of rotatable bonds is 5. The summed E-state index contributed by atoms with van der Waals surface area (Å²) in [5.74, 6) is -0.604. The number of ether oxygens (including phenoxy) is 1. The van der Waals surface area contributed by atoms with Gasteiger partial charge in [-0.1, -0.05) is 36.4 Å². The summed E-state index contributed by atoms with van der Waals surface area (Å²) in [4.78, 5) is 26.7. The standard InChI is InChI=1S/C20H14N2O5/c23-19-12-14(13-21-17-8-4-5-9-18(17)22(25)26)10-11-16(19)20(24)27-15-6-2-1-3-7-15/h1-13,23H. The Balaban J connectivity index is 1.79. The zero-order valence-electron chi connectivity index (χ0n) is 14.0. The van der Waals surface area contributed by atoms with Crippen LogP contribution in [0, 0.1) is 10.1 Å². The lowest BCUT2D eigenvalue weighted by Crippen LogP contribution is -2.08. The molecule has 0 atom stereocenters. The van der Waals surface area contributed by atoms with Gasteiger partial charge >= 0.3 is 5.97 Å². The number of nitro benzene ring substituents is 1. The summed E-state index contributed by atoms with van der Waals surface area (Å²) in [7, 11) is 0. The number of hydrogen-bond donors (Lipinski definition) is 1. The van der Waals surface area contributed by atoms with Gasteiger partial charge in [-0.3, -0.25) is 10.1 Å². The fourth-order valence-corrected chi connectivity index (χ4v) is 2.32. The van der Waals surface area contributed by atoms with Crippen molar-refractivity contribution in [3.05, 3.63) is 94.0 Å². The SMILES string of the molecule is O=C(Oc1ccccc1)c1ccc(C=Nc2ccccc2[N+](=O)[O-])cc1O. The van der Waals surface area contributed by atoms with Gasteiger partial charge in [0.2, 0.25) is 0 Å². The Morgan fingerprint density at radius 3 is 2.44 bits per heavy atom. The molecule has 1 N–H and O–H groups in total. The van der Waals surface area contributed by atoms with Gasteiger partial charge in [-0.2, -0.15) is 0 Å². The van der Waals surface area contributed by atoms with Crippen LogP contribution in [0.3, 0.4) is 0 Å². The van der Waals surface area contributed by atoms with E-state index in [4.69, 9.17) is 4.74 Å². The van der Waals surface area contributed by atoms with Crippen molar-refractivity contribution in [2.45, 2.75) is 0 Å². The van der Waals surface area contributed by atoms with E-state index in [0.717, 1.165) is 0 Å². The molecule has 0 aliphatic carbocycles. The number of aliphatic imine (C=N–C) groups is 1. The lowest BCUT2D eigenvalue weighted by molar-refractivity contribution is -0.384. The fourth-order valence-electron chi connectivity index (χ4n) is 2.32. The molecule has 0 saturated carbocycles. The molecule has 3 aromatic rings. The highest BCUT2D eigenvalue weighted by atomic mass is 16.6. The van der Waals surface area contributed by atoms with Gasteiger partial charge in [0.1, 0.15) is 22.7 Å². The maximum atomic E-state index is 12.2. The van der Waals surface area contributed by atoms with E-state index in [2.05, 4.69) is 4.99 Å². The van der Waals surface area contributed by atoms with E-state index in [1.807, 2.05) is 0 Å². The van der Waals surface area contributed by atoms with Crippen LogP contribution >= 0.6 is 0 Å². The number of nitro groups is 1. The molecule has 3 rings (SSSR count). The molecule has 0 amide bonds. The third kappa shape index (κ3) is 4.35. The van der Waals surface area contributed by atoms with Gasteiger partial charge in [0.25, 0.3) is 5.69 Å². The first kappa shape index (κ1) is 17.8. The monoisotopic (exact) mass is 362 g/mol. The van der Waals surface area contributed by atoms with E-state index in [9.17, 15) is 20.0 Å². The van der Waals surface area contributed by atoms with E-state index in [-0.39, 0.29) is 22.7 Å². The first-order valence-corrected chi connectivity index (χ1v) is 7.92. The Morgan fingerprint density at radius 2 is 1.74 bits per heavy atom. The molecular weight excluding hydrogens is 348 g/mol. The smallest absolute Gasteiger partial charge is 0.347 e. The van der Waals surface area contributed by atoms with Crippen molar-refractivity contribution in [3.63, 3.8) is 0 Å². The number of nitrogens with zero attached hydrogens (tertiary/aromatic N) is 2. The first-order valence-electron chi connectivity index (χ1n) is 7.92. The normalized spacial score (nSPS) is 10.7. The Kier molecular flexibility index (Phi) is 5.22. The molecule has 0 aromatic heterocycles. The van der Waals surface area contributed by atoms with Crippen molar-refractivity contribution in [2.75, 3.05) is 0 Å². The average molecular weight is 362 g/mol. The second kappa shape index (κ2) is 7.92. The minimum atomic E-state index is -0.694. The maximum Gasteiger partial charge on any atom is 0.347 e. The molecule has 3 aromatic carbocycles. The summed E-state index contributed by atoms with van der Waals surface area (Å²) >= 11 is 0. The highest BCUT2D eigenvalue weighted by Crippen LogP contribution is 2.26. The van der Waals surface area contributed by atoms with Crippen molar-refractivity contribution in [2.24, 2.45) is 4.99 Å². The second-order valence-corrected chi connectivity index (χ2v) is 5.48. The van der Waals surface area contributed by atoms with Crippen molar-refractivity contribution in [1.29, 1.82) is 0 Å². The zero-order chi connectivity index (χ0) is 19.2. The number of hydrogen-bond acceptors (Lipinski definition) is 6. The number of phenols is 1. The Labute approximate surface area is 154 Å². The summed E-state index contributed by atoms with van der Waals surface area (Å²) < 4.78 is 5.18. The number of para-hydroxylation sites is 3. The quantitative estimate of drug-likeness (QED) is 0.240. The highest BCUT2D eigenvalue weighted by molar-refractivity contribution is 5.95. The van der Waals surface area contributed by atoms with Crippen LogP contribution in [0.15, 0.2) is 77.8 Å². The van der Waals surface area contributed by atoms with Gasteiger partial charge in [-0.15, -0.1) is 0 Å². The zero-order valence-corrected chi connectivity index (χ0v) is 14.0. The Hall–Kier alpha value is -4.00. The largest absolute Gasteiger partial charge is 0.507 e. The van der Waals surface area contributed by atoms with Crippen LogP contribution < -0.4 is 4.74 Å². The van der Waals surface area contributed by atoms with Gasteiger partial charge in [-0.25, -0.2) is 9.79 Å². The van der Waals surface area contributed by atoms with E-state index < -0.39 is 10.9 Å². The van der Waals surface area contributed by atoms with Crippen LogP contribution in [-0.4, -0.2) is 22.2 Å². The van der Waals surface area contributed by atoms with Gasteiger partial charge < -0.3 is 9.84 Å². The Bertz CT molecular complexity index is 1020. The molecule has 27 heavy (non-hydrogen) atoms. The molecule has 0 aliphatic heterocycles. The maximum absolute atomic E-state index is 12.2. The average Bonchev–Trinajstić information content (AvgIpc) is 2.67. The predicted octanol–water partition coefficient (Wildman–Crippen LogP) is 4.27. The molecular formula is C20H14N2O5. The van der Waals surface area contributed by atoms with E-state index in [1.165, 1.54) is 30.5 Å². The van der Waals surface area contributed by atoms with Crippen LogP contribution in [0.1, 0.15) is 15.9 Å². The minimum absolute atomic E-state index is 0.00157. The van der Waals surface area contributed by atoms with Gasteiger partial charge in [0.05, 0.1) is 4.92 Å². The summed E-state index contributed by atoms with van der Waals surface area (Å²) in [6.07, 6.45) is 1.37. The van der Waals surface area contributed by atoms with Crippen molar-refractivity contribution < 1.29 is 19.6 Å². The molecule has 0 bridgehead atoms. The second-order valence-electron chi connectivity index (χ2n) is 5.48. The van der Waals surface area contributed by atoms with Crippen molar-refractivity contribution in [3.8, 4) is 11.5 Å². The number of carbonyl (C=O) groups excluding carboxylic acids is 1. The topological polar surface area (TPSA) is 102 Å². The molecule has 0 fully saturated rings. The van der Waals surface area contributed by atoms with Crippen LogP contribution in [0.5, 0.6) is 11.5 Å². The van der Waals surface area contributed by atoms with Gasteiger partial charge in [-0.05, 0) is 35.9 Å². The van der Waals surface area contributed by atoms with E-state index in [0.29, 0.717) is 11.3 Å². The molecule has 0 radical (unpaired) electrons. The molecule has 0 saturated heterocycles. The molecule has 0 aliphatic rings. The predicted molar refractivity (Wildman–Crippen MR) is 99.9 cm³/mol. The number of phenolic OH excluding ortho intramolecular Hbond substituents is 1. The van der Waals surface area contributed by atoms with E-state index >= 15 is 0 Å². The molecule has 0 spiro atoms. The number of benzene rings is 3. The van der Waals surface area contributed by atoms with Crippen LogP contribution in [0.4, 0.5) is 11.4 Å². The lowest BCUT2D eigenvalue weighted by atomic mass is 10.1. The molecule has 7 nitrogen and oxygen atoms in total. The minimum Gasteiger partial charge on any atom is -0.507 e. The number of esters is 1. The molecule has 0 unspecified atom stereocenters. The van der Waals surface area contributed by atoms with Gasteiger partial charge in [0.15, 0.2) is 0 Å². The van der Waals surface area contributed by atoms with Gasteiger partial charge in [0, 0.05) is 12.3 Å². The van der Waals surface area contributed by atoms with Crippen LogP contribution in [0.25, 0.3) is 0 Å². The summed E-state index contributed by atoms with van der Waals surface area (Å²) in [5.41, 5.74) is 0.541. The molecule has 7 heteroatoms. The summed E-state index contributed by atoms with van der Waals surface area (Å²) in [6.45, 7) is 0. The van der Waals surface area contributed by atoms with Crippen LogP contribution in [-0.2, 0) is 0 Å². The highest BCUT2D eigenvalue weighted by Gasteiger charge is 2.14. The third-order valence-electron chi connectivity index (χ3n) is 3.63. The third-order valence-corrected chi connectivity index (χ3v) is 3.63. The van der Waals surface area contributed by atoms with E-state index in [1.54, 1.807) is 48.5 Å². The molecule has 0 heterocycles. The number of carbonyl (C=O) groups is 1. The van der Waals surface area contributed by atoms with Crippen LogP contribution in [0.2, 0.25) is 0 Å². The first-order chi connectivity index (χ1) is 13.0. The number of aromatic hydroxyl groups is 1. The van der Waals surface area contributed by atoms with Crippen molar-refractivity contribution >= 4 is 23.6 Å². The summed E-state index contributed by atoms with van der Waals surface area (Å²) in [6, 6.07) is 18.9. The van der Waals surface area contributed by atoms with Crippen molar-refractivity contribution in [1.82, 2.24) is 0 Å². The summed E-state index contributed by atoms with van der Waals surface area (Å²) in [5, 5.41) is 21.1. The lowest BCUT2D eigenvalue weighted by Gasteiger charge is -2.06. The molecule has 134 valence electrons.